The van der Waals surface area contributed by atoms with Crippen molar-refractivity contribution >= 4 is 0 Å². The second-order valence-corrected chi connectivity index (χ2v) is 7.91. The molecule has 26 heavy (non-hydrogen) atoms. The Balaban J connectivity index is 1.81. The quantitative estimate of drug-likeness (QED) is 0.231. The van der Waals surface area contributed by atoms with Crippen LogP contribution in [0.3, 0.4) is 0 Å². The molecule has 0 aromatic carbocycles. The summed E-state index contributed by atoms with van der Waals surface area (Å²) in [6, 6.07) is 0. The van der Waals surface area contributed by atoms with E-state index in [-0.39, 0.29) is 6.17 Å². The highest BCUT2D eigenvalue weighted by Gasteiger charge is 2.20. The lowest BCUT2D eigenvalue weighted by molar-refractivity contribution is 0.208. The van der Waals surface area contributed by atoms with Crippen LogP contribution in [0.5, 0.6) is 0 Å². The summed E-state index contributed by atoms with van der Waals surface area (Å²) in [4.78, 5) is 2.21. The summed E-state index contributed by atoms with van der Waals surface area (Å²) in [6.07, 6.45) is 29.8. The highest BCUT2D eigenvalue weighted by atomic mass is 15.3. The van der Waals surface area contributed by atoms with Gasteiger partial charge in [-0.3, -0.25) is 0 Å². The van der Waals surface area contributed by atoms with Crippen molar-refractivity contribution < 1.29 is 0 Å². The Morgan fingerprint density at radius 1 is 0.885 bits per heavy atom. The molecule has 3 heteroatoms. The molecule has 0 bridgehead atoms. The molecular weight excluding hydrogens is 318 g/mol. The summed E-state index contributed by atoms with van der Waals surface area (Å²) in [5, 5.41) is 3.39. The molecule has 0 aliphatic carbocycles. The molecule has 3 nitrogen and oxygen atoms in total. The predicted octanol–water partition coefficient (Wildman–Crippen LogP) is 6.42. The number of nitrogens with two attached hydrogens (primary N) is 1. The SMILES string of the molecule is CCCCCCCCCCC/C=C/CCCCCC1NC=CN1C(C)N. The Hall–Kier alpha value is -0.960. The second kappa shape index (κ2) is 16.2. The zero-order chi connectivity index (χ0) is 18.9. The van der Waals surface area contributed by atoms with Crippen LogP contribution >= 0.6 is 0 Å². The summed E-state index contributed by atoms with van der Waals surface area (Å²) < 4.78 is 0. The lowest BCUT2D eigenvalue weighted by Gasteiger charge is -2.28. The number of rotatable bonds is 17. The standard InChI is InChI=1S/C23H45N3/c1-3-4-5-6-7-8-9-10-11-12-13-14-15-16-17-18-19-23-25-20-21-26(23)22(2)24/h13-14,20-23,25H,3-12,15-19,24H2,1-2H3/b14-13+. The summed E-state index contributed by atoms with van der Waals surface area (Å²) in [7, 11) is 0. The molecule has 152 valence electrons. The van der Waals surface area contributed by atoms with Crippen molar-refractivity contribution in [2.24, 2.45) is 5.73 Å². The van der Waals surface area contributed by atoms with Gasteiger partial charge in [0.2, 0.25) is 0 Å². The first-order valence-electron chi connectivity index (χ1n) is 11.4. The minimum atomic E-state index is 0.0928. The van der Waals surface area contributed by atoms with Crippen LogP contribution in [0, 0.1) is 0 Å². The van der Waals surface area contributed by atoms with Crippen molar-refractivity contribution in [3.63, 3.8) is 0 Å². The van der Waals surface area contributed by atoms with Crippen molar-refractivity contribution in [2.75, 3.05) is 0 Å². The summed E-state index contributed by atoms with van der Waals surface area (Å²) >= 11 is 0. The predicted molar refractivity (Wildman–Crippen MR) is 116 cm³/mol. The van der Waals surface area contributed by atoms with Crippen LogP contribution in [0.2, 0.25) is 0 Å². The fraction of sp³-hybridized carbons (Fsp3) is 0.826. The molecular formula is C23H45N3. The highest BCUT2D eigenvalue weighted by molar-refractivity contribution is 4.95. The third-order valence-corrected chi connectivity index (χ3v) is 5.35. The molecule has 0 radical (unpaired) electrons. The number of hydrogen-bond donors (Lipinski definition) is 2. The highest BCUT2D eigenvalue weighted by Crippen LogP contribution is 2.15. The van der Waals surface area contributed by atoms with E-state index in [0.29, 0.717) is 6.17 Å². The van der Waals surface area contributed by atoms with Crippen molar-refractivity contribution in [3.05, 3.63) is 24.6 Å². The van der Waals surface area contributed by atoms with Gasteiger partial charge in [0.05, 0.1) is 12.3 Å². The van der Waals surface area contributed by atoms with Crippen molar-refractivity contribution in [3.8, 4) is 0 Å². The van der Waals surface area contributed by atoms with Crippen LogP contribution in [-0.4, -0.2) is 17.2 Å². The van der Waals surface area contributed by atoms with Gasteiger partial charge in [0.1, 0.15) is 0 Å². The summed E-state index contributed by atoms with van der Waals surface area (Å²) in [5.74, 6) is 0. The van der Waals surface area contributed by atoms with Gasteiger partial charge in [-0.05, 0) is 45.4 Å². The van der Waals surface area contributed by atoms with E-state index >= 15 is 0 Å². The molecule has 0 fully saturated rings. The van der Waals surface area contributed by atoms with Crippen LogP contribution in [-0.2, 0) is 0 Å². The average molecular weight is 364 g/mol. The van der Waals surface area contributed by atoms with Gasteiger partial charge in [-0.1, -0.05) is 76.9 Å². The largest absolute Gasteiger partial charge is 0.370 e. The Morgan fingerprint density at radius 2 is 1.42 bits per heavy atom. The molecule has 0 spiro atoms. The van der Waals surface area contributed by atoms with Gasteiger partial charge >= 0.3 is 0 Å². The van der Waals surface area contributed by atoms with E-state index in [1.807, 2.05) is 13.1 Å². The fourth-order valence-electron chi connectivity index (χ4n) is 3.67. The molecule has 1 aliphatic rings. The number of nitrogens with one attached hydrogen (secondary N) is 1. The second-order valence-electron chi connectivity index (χ2n) is 7.91. The van der Waals surface area contributed by atoms with Crippen molar-refractivity contribution in [2.45, 2.75) is 122 Å². The van der Waals surface area contributed by atoms with Gasteiger partial charge in [0.25, 0.3) is 0 Å². The number of nitrogens with zero attached hydrogens (tertiary/aromatic N) is 1. The Labute approximate surface area is 163 Å². The van der Waals surface area contributed by atoms with E-state index < -0.39 is 0 Å². The topological polar surface area (TPSA) is 41.3 Å². The van der Waals surface area contributed by atoms with Gasteiger partial charge in [0, 0.05) is 12.4 Å². The van der Waals surface area contributed by atoms with Gasteiger partial charge in [-0.25, -0.2) is 0 Å². The first-order chi connectivity index (χ1) is 12.8. The minimum absolute atomic E-state index is 0.0928. The minimum Gasteiger partial charge on any atom is -0.370 e. The Kier molecular flexibility index (Phi) is 14.4. The molecule has 0 saturated heterocycles. The van der Waals surface area contributed by atoms with E-state index in [9.17, 15) is 0 Å². The van der Waals surface area contributed by atoms with Crippen molar-refractivity contribution in [1.29, 1.82) is 0 Å². The van der Waals surface area contributed by atoms with Crippen LogP contribution in [0.15, 0.2) is 24.6 Å². The number of hydrogen-bond acceptors (Lipinski definition) is 3. The molecule has 1 rings (SSSR count). The van der Waals surface area contributed by atoms with Crippen LogP contribution in [0.1, 0.15) is 110 Å². The van der Waals surface area contributed by atoms with Crippen molar-refractivity contribution in [1.82, 2.24) is 10.2 Å². The van der Waals surface area contributed by atoms with Crippen LogP contribution in [0.25, 0.3) is 0 Å². The first kappa shape index (κ1) is 23.1. The van der Waals surface area contributed by atoms with Gasteiger partial charge in [0.15, 0.2) is 0 Å². The lowest BCUT2D eigenvalue weighted by atomic mass is 10.1. The Bertz CT molecular complexity index is 362. The average Bonchev–Trinajstić information content (AvgIpc) is 3.10. The lowest BCUT2D eigenvalue weighted by Crippen LogP contribution is -2.44. The molecule has 0 amide bonds. The molecule has 2 atom stereocenters. The van der Waals surface area contributed by atoms with Crippen LogP contribution < -0.4 is 11.1 Å². The monoisotopic (exact) mass is 363 g/mol. The fourth-order valence-corrected chi connectivity index (χ4v) is 3.67. The first-order valence-corrected chi connectivity index (χ1v) is 11.4. The molecule has 0 aromatic rings. The summed E-state index contributed by atoms with van der Waals surface area (Å²) in [5.41, 5.74) is 5.97. The third-order valence-electron chi connectivity index (χ3n) is 5.35. The molecule has 1 aliphatic heterocycles. The maximum atomic E-state index is 5.97. The Morgan fingerprint density at radius 3 is 2.00 bits per heavy atom. The number of allylic oxidation sites excluding steroid dienone is 2. The smallest absolute Gasteiger partial charge is 0.0995 e. The van der Waals surface area contributed by atoms with Gasteiger partial charge in [-0.15, -0.1) is 0 Å². The number of unbranched alkanes of at least 4 members (excludes halogenated alkanes) is 12. The molecule has 3 N–H and O–H groups in total. The van der Waals surface area contributed by atoms with E-state index in [4.69, 9.17) is 5.73 Å². The van der Waals surface area contributed by atoms with E-state index in [0.717, 1.165) is 0 Å². The normalized spacial score (nSPS) is 18.0. The van der Waals surface area contributed by atoms with Gasteiger partial charge in [-0.2, -0.15) is 0 Å². The zero-order valence-corrected chi connectivity index (χ0v) is 17.6. The third kappa shape index (κ3) is 11.6. The maximum Gasteiger partial charge on any atom is 0.0995 e. The van der Waals surface area contributed by atoms with Crippen LogP contribution in [0.4, 0.5) is 0 Å². The maximum absolute atomic E-state index is 5.97. The van der Waals surface area contributed by atoms with Gasteiger partial charge < -0.3 is 16.0 Å². The van der Waals surface area contributed by atoms with E-state index in [2.05, 4.69) is 35.5 Å². The molecule has 0 saturated carbocycles. The summed E-state index contributed by atoms with van der Waals surface area (Å²) in [6.45, 7) is 4.33. The molecule has 0 aromatic heterocycles. The zero-order valence-electron chi connectivity index (χ0n) is 17.6. The van der Waals surface area contributed by atoms with E-state index in [1.165, 1.54) is 96.3 Å². The molecule has 1 heterocycles. The molecule has 2 unspecified atom stereocenters. The van der Waals surface area contributed by atoms with E-state index in [1.54, 1.807) is 0 Å².